The first-order valence-corrected chi connectivity index (χ1v) is 12.7. The van der Waals surface area contributed by atoms with Gasteiger partial charge in [0.05, 0.1) is 6.61 Å². The van der Waals surface area contributed by atoms with Crippen molar-refractivity contribution in [1.29, 1.82) is 0 Å². The Labute approximate surface area is 221 Å². The van der Waals surface area contributed by atoms with Crippen LogP contribution in [0.4, 0.5) is 37.7 Å². The van der Waals surface area contributed by atoms with Crippen molar-refractivity contribution in [3.05, 3.63) is 47.0 Å². The maximum Gasteiger partial charge on any atom is 0.420 e. The molecule has 2 N–H and O–H groups in total. The van der Waals surface area contributed by atoms with E-state index in [-0.39, 0.29) is 18.3 Å². The first-order chi connectivity index (χ1) is 18.4. The number of hydrogen-bond acceptors (Lipinski definition) is 5. The smallest absolute Gasteiger partial charge is 0.420 e. The second-order valence-electron chi connectivity index (χ2n) is 9.74. The lowest BCUT2D eigenvalue weighted by atomic mass is 9.81. The molecule has 1 saturated carbocycles. The van der Waals surface area contributed by atoms with Crippen molar-refractivity contribution in [2.24, 2.45) is 5.92 Å². The van der Waals surface area contributed by atoms with Gasteiger partial charge in [0.1, 0.15) is 16.9 Å². The Morgan fingerprint density at radius 1 is 0.974 bits per heavy atom. The minimum Gasteiger partial charge on any atom is -0.459 e. The molecule has 0 saturated heterocycles. The van der Waals surface area contributed by atoms with E-state index in [1.54, 1.807) is 11.4 Å². The topological polar surface area (TPSA) is 76.7 Å². The number of nitrogens with one attached hydrogen (secondary N) is 2. The number of fused-ring (bicyclic) bond motifs is 1. The van der Waals surface area contributed by atoms with Gasteiger partial charge in [0.15, 0.2) is 5.75 Å². The van der Waals surface area contributed by atoms with Crippen LogP contribution in [0.25, 0.3) is 0 Å². The summed E-state index contributed by atoms with van der Waals surface area (Å²) in [6.45, 7) is 1.80. The monoisotopic (exact) mass is 558 g/mol. The van der Waals surface area contributed by atoms with E-state index in [2.05, 4.69) is 10.1 Å². The fraction of sp³-hybridized carbons (Fsp3) is 0.481. The number of esters is 1. The minimum absolute atomic E-state index is 0.0660. The third-order valence-electron chi connectivity index (χ3n) is 6.98. The zero-order valence-electron chi connectivity index (χ0n) is 21.1. The summed E-state index contributed by atoms with van der Waals surface area (Å²) in [5.41, 5.74) is -2.83. The average molecular weight is 559 g/mol. The Balaban J connectivity index is 1.69. The van der Waals surface area contributed by atoms with Crippen molar-refractivity contribution in [2.45, 2.75) is 63.7 Å². The molecule has 2 aromatic rings. The van der Waals surface area contributed by atoms with Gasteiger partial charge in [-0.15, -0.1) is 0 Å². The van der Waals surface area contributed by atoms with Gasteiger partial charge >= 0.3 is 24.2 Å². The predicted octanol–water partition coefficient (Wildman–Crippen LogP) is 7.50. The standard InChI is InChI=1S/C27H28F6N2O4/c1-2-38-25(37)24(36)35-17-11-20(26(28,29)30)23(21(12-17)27(31,32)33)39-18-8-9-22-19(13-18)16(14-34-22)10-15-6-4-3-5-7-15/h8-9,11-13,15-16,34H,2-7,10,14H2,1H3,(H,35,36). The number of benzene rings is 2. The Hall–Kier alpha value is -3.44. The molecule has 12 heteroatoms. The summed E-state index contributed by atoms with van der Waals surface area (Å²) in [4.78, 5) is 23.5. The van der Waals surface area contributed by atoms with Gasteiger partial charge in [-0.25, -0.2) is 4.79 Å². The van der Waals surface area contributed by atoms with Crippen molar-refractivity contribution >= 4 is 23.3 Å². The highest BCUT2D eigenvalue weighted by atomic mass is 19.4. The SMILES string of the molecule is CCOC(=O)C(=O)Nc1cc(C(F)(F)F)c(Oc2ccc3c(c2)C(CC2CCCCC2)CN3)c(C(F)(F)F)c1. The van der Waals surface area contributed by atoms with Crippen LogP contribution in [-0.4, -0.2) is 25.0 Å². The Morgan fingerprint density at radius 3 is 2.21 bits per heavy atom. The van der Waals surface area contributed by atoms with E-state index in [1.165, 1.54) is 25.5 Å². The maximum atomic E-state index is 14.0. The molecule has 1 unspecified atom stereocenters. The van der Waals surface area contributed by atoms with Gasteiger partial charge < -0.3 is 20.1 Å². The first kappa shape index (κ1) is 28.6. The highest BCUT2D eigenvalue weighted by Crippen LogP contribution is 2.48. The number of anilines is 2. The quantitative estimate of drug-likeness (QED) is 0.218. The summed E-state index contributed by atoms with van der Waals surface area (Å²) in [5.74, 6) is -4.00. The lowest BCUT2D eigenvalue weighted by molar-refractivity contribution is -0.152. The summed E-state index contributed by atoms with van der Waals surface area (Å²) < 4.78 is 93.8. The summed E-state index contributed by atoms with van der Waals surface area (Å²) in [6, 6.07) is 4.97. The van der Waals surface area contributed by atoms with E-state index in [4.69, 9.17) is 4.74 Å². The van der Waals surface area contributed by atoms with Crippen LogP contribution in [0.15, 0.2) is 30.3 Å². The van der Waals surface area contributed by atoms with Gasteiger partial charge in [-0.2, -0.15) is 26.3 Å². The Morgan fingerprint density at radius 2 is 1.62 bits per heavy atom. The van der Waals surface area contributed by atoms with E-state index < -0.39 is 46.8 Å². The molecule has 1 aliphatic carbocycles. The van der Waals surface area contributed by atoms with Crippen molar-refractivity contribution in [2.75, 3.05) is 23.8 Å². The third kappa shape index (κ3) is 6.77. The molecule has 212 valence electrons. The summed E-state index contributed by atoms with van der Waals surface area (Å²) >= 11 is 0. The lowest BCUT2D eigenvalue weighted by Crippen LogP contribution is -2.25. The fourth-order valence-electron chi connectivity index (χ4n) is 5.21. The van der Waals surface area contributed by atoms with Crippen LogP contribution in [0.5, 0.6) is 11.5 Å². The molecule has 0 radical (unpaired) electrons. The molecule has 0 aromatic heterocycles. The number of ether oxygens (including phenoxy) is 2. The largest absolute Gasteiger partial charge is 0.459 e. The molecular weight excluding hydrogens is 530 g/mol. The molecule has 1 heterocycles. The van der Waals surface area contributed by atoms with Gasteiger partial charge in [-0.3, -0.25) is 4.79 Å². The maximum absolute atomic E-state index is 14.0. The van der Waals surface area contributed by atoms with Gasteiger partial charge in [-0.1, -0.05) is 32.1 Å². The number of hydrogen-bond donors (Lipinski definition) is 2. The summed E-state index contributed by atoms with van der Waals surface area (Å²) in [7, 11) is 0. The number of carbonyl (C=O) groups excluding carboxylic acids is 2. The van der Waals surface area contributed by atoms with Gasteiger partial charge in [0.2, 0.25) is 0 Å². The van der Waals surface area contributed by atoms with Crippen LogP contribution in [0.3, 0.4) is 0 Å². The van der Waals surface area contributed by atoms with Crippen LogP contribution in [0.2, 0.25) is 0 Å². The molecular formula is C27H28F6N2O4. The zero-order chi connectivity index (χ0) is 28.4. The number of carbonyl (C=O) groups is 2. The lowest BCUT2D eigenvalue weighted by Gasteiger charge is -2.24. The minimum atomic E-state index is -5.28. The normalized spacial score (nSPS) is 17.8. The number of rotatable bonds is 6. The van der Waals surface area contributed by atoms with Crippen LogP contribution in [-0.2, 0) is 26.7 Å². The van der Waals surface area contributed by atoms with Crippen molar-refractivity contribution in [1.82, 2.24) is 0 Å². The average Bonchev–Trinajstić information content (AvgIpc) is 3.26. The van der Waals surface area contributed by atoms with Crippen molar-refractivity contribution in [3.63, 3.8) is 0 Å². The molecule has 1 amide bonds. The van der Waals surface area contributed by atoms with E-state index >= 15 is 0 Å². The fourth-order valence-corrected chi connectivity index (χ4v) is 5.21. The Bertz CT molecular complexity index is 1190. The van der Waals surface area contributed by atoms with Crippen molar-refractivity contribution in [3.8, 4) is 11.5 Å². The van der Waals surface area contributed by atoms with Crippen molar-refractivity contribution < 1.29 is 45.4 Å². The van der Waals surface area contributed by atoms with E-state index in [0.717, 1.165) is 43.4 Å². The highest BCUT2D eigenvalue weighted by molar-refractivity contribution is 6.37. The Kier molecular flexibility index (Phi) is 8.31. The predicted molar refractivity (Wildman–Crippen MR) is 131 cm³/mol. The molecule has 1 aliphatic heterocycles. The van der Waals surface area contributed by atoms with E-state index in [1.807, 2.05) is 0 Å². The third-order valence-corrected chi connectivity index (χ3v) is 6.98. The molecule has 39 heavy (non-hydrogen) atoms. The van der Waals surface area contributed by atoms with Crippen LogP contribution in [0.1, 0.15) is 68.1 Å². The summed E-state index contributed by atoms with van der Waals surface area (Å²) in [5, 5.41) is 5.00. The van der Waals surface area contributed by atoms with Crippen LogP contribution in [0, 0.1) is 5.92 Å². The summed E-state index contributed by atoms with van der Waals surface area (Å²) in [6.07, 6.45) is -3.98. The number of halogens is 6. The van der Waals surface area contributed by atoms with Gasteiger partial charge in [-0.05, 0) is 55.2 Å². The molecule has 2 aliphatic rings. The van der Waals surface area contributed by atoms with Crippen LogP contribution >= 0.6 is 0 Å². The van der Waals surface area contributed by atoms with Gasteiger partial charge in [0, 0.05) is 23.8 Å². The van der Waals surface area contributed by atoms with E-state index in [0.29, 0.717) is 24.6 Å². The second kappa shape index (κ2) is 11.4. The number of alkyl halides is 6. The number of amides is 1. The molecule has 6 nitrogen and oxygen atoms in total. The molecule has 1 atom stereocenters. The molecule has 0 spiro atoms. The molecule has 1 fully saturated rings. The van der Waals surface area contributed by atoms with Crippen LogP contribution < -0.4 is 15.4 Å². The molecule has 2 aromatic carbocycles. The second-order valence-corrected chi connectivity index (χ2v) is 9.74. The highest BCUT2D eigenvalue weighted by Gasteiger charge is 2.43. The molecule has 0 bridgehead atoms. The van der Waals surface area contributed by atoms with E-state index in [9.17, 15) is 35.9 Å². The van der Waals surface area contributed by atoms with Gasteiger partial charge in [0.25, 0.3) is 0 Å². The molecule has 4 rings (SSSR count). The first-order valence-electron chi connectivity index (χ1n) is 12.7. The zero-order valence-corrected chi connectivity index (χ0v) is 21.1.